The zero-order valence-electron chi connectivity index (χ0n) is 15.1. The van der Waals surface area contributed by atoms with Crippen molar-refractivity contribution in [2.75, 3.05) is 10.9 Å². The highest BCUT2D eigenvalue weighted by Crippen LogP contribution is 2.28. The van der Waals surface area contributed by atoms with Gasteiger partial charge in [-0.05, 0) is 24.3 Å². The van der Waals surface area contributed by atoms with E-state index in [1.54, 1.807) is 24.3 Å². The number of imidazole rings is 2. The number of para-hydroxylation sites is 4. The Balaban J connectivity index is 1.70. The molecule has 0 aliphatic carbocycles. The first-order valence-electron chi connectivity index (χ1n) is 8.67. The Morgan fingerprint density at radius 2 is 1.00 bits per heavy atom. The van der Waals surface area contributed by atoms with Gasteiger partial charge in [-0.2, -0.15) is 26.3 Å². The van der Waals surface area contributed by atoms with Crippen molar-refractivity contribution in [2.24, 2.45) is 0 Å². The number of nitrogens with zero attached hydrogens (tertiary/aromatic N) is 4. The molecule has 0 aliphatic rings. The third-order valence-corrected chi connectivity index (χ3v) is 4.27. The highest BCUT2D eigenvalue weighted by molar-refractivity contribution is 5.80. The molecule has 0 atom stereocenters. The van der Waals surface area contributed by atoms with Crippen LogP contribution in [-0.4, -0.2) is 31.5 Å². The van der Waals surface area contributed by atoms with E-state index in [0.29, 0.717) is 11.0 Å². The van der Waals surface area contributed by atoms with E-state index < -0.39 is 25.4 Å². The van der Waals surface area contributed by atoms with Gasteiger partial charge in [-0.3, -0.25) is 20.0 Å². The quantitative estimate of drug-likeness (QED) is 0.349. The summed E-state index contributed by atoms with van der Waals surface area (Å²) in [5.41, 5.74) is 6.01. The molecule has 4 rings (SSSR count). The molecule has 2 aromatic carbocycles. The van der Waals surface area contributed by atoms with E-state index >= 15 is 0 Å². The van der Waals surface area contributed by atoms with Crippen LogP contribution in [-0.2, 0) is 13.1 Å². The lowest BCUT2D eigenvalue weighted by atomic mass is 10.3. The molecule has 2 N–H and O–H groups in total. The predicted molar refractivity (Wildman–Crippen MR) is 98.8 cm³/mol. The maximum atomic E-state index is 13.0. The SMILES string of the molecule is FC(F)(F)Cn1c(NNc2nc3ccccc3n2CC(F)(F)F)nc2ccccc21. The smallest absolute Gasteiger partial charge is 0.300 e. The summed E-state index contributed by atoms with van der Waals surface area (Å²) in [6.45, 7) is -2.65. The van der Waals surface area contributed by atoms with Crippen LogP contribution in [0.25, 0.3) is 22.1 Å². The minimum Gasteiger partial charge on any atom is -0.300 e. The van der Waals surface area contributed by atoms with Crippen LogP contribution in [0.1, 0.15) is 0 Å². The first-order valence-corrected chi connectivity index (χ1v) is 8.67. The molecule has 0 radical (unpaired) electrons. The number of fused-ring (bicyclic) bond motifs is 2. The Morgan fingerprint density at radius 3 is 1.37 bits per heavy atom. The number of nitrogens with one attached hydrogen (secondary N) is 2. The Bertz CT molecular complexity index is 1100. The average Bonchev–Trinajstić information content (AvgIpc) is 3.16. The fraction of sp³-hybridized carbons (Fsp3) is 0.222. The van der Waals surface area contributed by atoms with E-state index in [1.807, 2.05) is 0 Å². The van der Waals surface area contributed by atoms with Gasteiger partial charge in [-0.25, -0.2) is 9.97 Å². The summed E-state index contributed by atoms with van der Waals surface area (Å²) in [7, 11) is 0. The van der Waals surface area contributed by atoms with Gasteiger partial charge in [0.15, 0.2) is 0 Å². The molecule has 0 fully saturated rings. The molecular weight excluding hydrogens is 414 g/mol. The first kappa shape index (κ1) is 19.9. The fourth-order valence-corrected chi connectivity index (χ4v) is 3.13. The number of hydrogen-bond acceptors (Lipinski definition) is 4. The topological polar surface area (TPSA) is 59.7 Å². The van der Waals surface area contributed by atoms with Gasteiger partial charge in [0.05, 0.1) is 22.1 Å². The van der Waals surface area contributed by atoms with E-state index in [4.69, 9.17) is 0 Å². The third kappa shape index (κ3) is 4.11. The highest BCUT2D eigenvalue weighted by Gasteiger charge is 2.32. The van der Waals surface area contributed by atoms with Crippen molar-refractivity contribution >= 4 is 34.0 Å². The summed E-state index contributed by atoms with van der Waals surface area (Å²) in [4.78, 5) is 8.20. The second-order valence-electron chi connectivity index (χ2n) is 6.50. The molecule has 0 spiro atoms. The lowest BCUT2D eigenvalue weighted by Gasteiger charge is -2.15. The standard InChI is InChI=1S/C18H14F6N6/c19-17(20,21)9-29-13-7-3-1-5-11(13)25-15(29)27-28-16-26-12-6-2-4-8-14(12)30(16)10-18(22,23)24/h1-8H,9-10H2,(H,25,27)(H,26,28). The molecule has 30 heavy (non-hydrogen) atoms. The summed E-state index contributed by atoms with van der Waals surface area (Å²) in [5, 5.41) is 0. The number of hydrogen-bond donors (Lipinski definition) is 2. The first-order chi connectivity index (χ1) is 14.1. The Labute approximate surface area is 165 Å². The molecule has 158 valence electrons. The van der Waals surface area contributed by atoms with Crippen LogP contribution in [0.2, 0.25) is 0 Å². The van der Waals surface area contributed by atoms with E-state index in [0.717, 1.165) is 9.13 Å². The number of aromatic nitrogens is 4. The molecule has 0 saturated carbocycles. The zero-order chi connectivity index (χ0) is 21.5. The predicted octanol–water partition coefficient (Wildman–Crippen LogP) is 4.95. The van der Waals surface area contributed by atoms with E-state index in [2.05, 4.69) is 20.8 Å². The summed E-state index contributed by atoms with van der Waals surface area (Å²) >= 11 is 0. The average molecular weight is 428 g/mol. The van der Waals surface area contributed by atoms with Crippen molar-refractivity contribution in [1.29, 1.82) is 0 Å². The maximum Gasteiger partial charge on any atom is 0.406 e. The maximum absolute atomic E-state index is 13.0. The van der Waals surface area contributed by atoms with Crippen LogP contribution >= 0.6 is 0 Å². The fourth-order valence-electron chi connectivity index (χ4n) is 3.13. The molecule has 0 saturated heterocycles. The molecular formula is C18H14F6N6. The lowest BCUT2D eigenvalue weighted by Crippen LogP contribution is -2.24. The number of rotatable bonds is 5. The molecule has 12 heteroatoms. The number of anilines is 2. The second-order valence-corrected chi connectivity index (χ2v) is 6.50. The third-order valence-electron chi connectivity index (χ3n) is 4.27. The molecule has 0 bridgehead atoms. The van der Waals surface area contributed by atoms with Gasteiger partial charge in [0.25, 0.3) is 0 Å². The van der Waals surface area contributed by atoms with Gasteiger partial charge in [0, 0.05) is 0 Å². The molecule has 2 heterocycles. The molecule has 6 nitrogen and oxygen atoms in total. The Kier molecular flexibility index (Phi) is 4.71. The zero-order valence-corrected chi connectivity index (χ0v) is 15.1. The monoisotopic (exact) mass is 428 g/mol. The number of hydrazine groups is 1. The minimum atomic E-state index is -4.52. The van der Waals surface area contributed by atoms with Crippen LogP contribution in [0.15, 0.2) is 48.5 Å². The Hall–Kier alpha value is -3.44. The van der Waals surface area contributed by atoms with E-state index in [-0.39, 0.29) is 22.9 Å². The number of alkyl halides is 6. The van der Waals surface area contributed by atoms with Crippen molar-refractivity contribution in [3.63, 3.8) is 0 Å². The van der Waals surface area contributed by atoms with Crippen LogP contribution in [0.5, 0.6) is 0 Å². The van der Waals surface area contributed by atoms with Crippen LogP contribution in [0.3, 0.4) is 0 Å². The summed E-state index contributed by atoms with van der Waals surface area (Å²) in [6.07, 6.45) is -9.05. The highest BCUT2D eigenvalue weighted by atomic mass is 19.4. The van der Waals surface area contributed by atoms with Crippen LogP contribution in [0, 0.1) is 0 Å². The lowest BCUT2D eigenvalue weighted by molar-refractivity contribution is -0.140. The van der Waals surface area contributed by atoms with Crippen molar-refractivity contribution in [3.05, 3.63) is 48.5 Å². The number of benzene rings is 2. The number of halogens is 6. The molecule has 0 unspecified atom stereocenters. The molecule has 0 aliphatic heterocycles. The Morgan fingerprint density at radius 1 is 0.633 bits per heavy atom. The van der Waals surface area contributed by atoms with Crippen molar-refractivity contribution in [3.8, 4) is 0 Å². The van der Waals surface area contributed by atoms with E-state index in [1.165, 1.54) is 24.3 Å². The van der Waals surface area contributed by atoms with Gasteiger partial charge >= 0.3 is 12.4 Å². The summed E-state index contributed by atoms with van der Waals surface area (Å²) < 4.78 is 80.0. The van der Waals surface area contributed by atoms with Crippen molar-refractivity contribution in [1.82, 2.24) is 19.1 Å². The van der Waals surface area contributed by atoms with Gasteiger partial charge in [-0.15, -0.1) is 0 Å². The molecule has 2 aromatic heterocycles. The molecule has 0 amide bonds. The van der Waals surface area contributed by atoms with Crippen LogP contribution in [0.4, 0.5) is 38.2 Å². The van der Waals surface area contributed by atoms with Gasteiger partial charge in [0.1, 0.15) is 13.1 Å². The summed E-state index contributed by atoms with van der Waals surface area (Å²) in [5.74, 6) is -0.418. The van der Waals surface area contributed by atoms with Gasteiger partial charge in [0.2, 0.25) is 11.9 Å². The van der Waals surface area contributed by atoms with E-state index in [9.17, 15) is 26.3 Å². The normalized spacial score (nSPS) is 12.6. The van der Waals surface area contributed by atoms with Crippen LogP contribution < -0.4 is 10.9 Å². The van der Waals surface area contributed by atoms with Gasteiger partial charge in [-0.1, -0.05) is 24.3 Å². The van der Waals surface area contributed by atoms with Gasteiger partial charge < -0.3 is 0 Å². The second kappa shape index (κ2) is 7.11. The minimum absolute atomic E-state index is 0.209. The summed E-state index contributed by atoms with van der Waals surface area (Å²) in [6, 6.07) is 12.4. The van der Waals surface area contributed by atoms with Crippen molar-refractivity contribution in [2.45, 2.75) is 25.4 Å². The van der Waals surface area contributed by atoms with Crippen molar-refractivity contribution < 1.29 is 26.3 Å². The largest absolute Gasteiger partial charge is 0.406 e. The molecule has 4 aromatic rings.